The molecule has 0 amide bonds. The number of anilines is 2. The number of nitrogens with two attached hydrogens (primary N) is 1. The highest BCUT2D eigenvalue weighted by Gasteiger charge is 2.14. The van der Waals surface area contributed by atoms with E-state index in [1.54, 1.807) is 11.3 Å². The summed E-state index contributed by atoms with van der Waals surface area (Å²) in [6.45, 7) is 6.54. The lowest BCUT2D eigenvalue weighted by atomic mass is 10.1. The summed E-state index contributed by atoms with van der Waals surface area (Å²) in [6.07, 6.45) is 5.94. The normalized spacial score (nSPS) is 12.6. The van der Waals surface area contributed by atoms with E-state index in [4.69, 9.17) is 5.84 Å². The van der Waals surface area contributed by atoms with Crippen molar-refractivity contribution in [1.29, 1.82) is 0 Å². The van der Waals surface area contributed by atoms with Crippen LogP contribution in [0.5, 0.6) is 0 Å². The molecule has 6 heteroatoms. The molecule has 116 valence electrons. The fourth-order valence-electron chi connectivity index (χ4n) is 2.50. The molecule has 0 radical (unpaired) electrons. The molecule has 4 N–H and O–H groups in total. The van der Waals surface area contributed by atoms with Crippen LogP contribution in [0.3, 0.4) is 0 Å². The molecule has 0 aliphatic rings. The molecule has 0 aliphatic heterocycles. The van der Waals surface area contributed by atoms with E-state index in [0.717, 1.165) is 22.5 Å². The average molecular weight is 307 g/mol. The van der Waals surface area contributed by atoms with Gasteiger partial charge in [0.2, 0.25) is 5.95 Å². The van der Waals surface area contributed by atoms with Gasteiger partial charge in [-0.25, -0.2) is 10.8 Å². The van der Waals surface area contributed by atoms with Crippen molar-refractivity contribution < 1.29 is 0 Å². The van der Waals surface area contributed by atoms with Crippen LogP contribution < -0.4 is 16.6 Å². The minimum Gasteiger partial charge on any atom is -0.367 e. The molecular weight excluding hydrogens is 282 g/mol. The van der Waals surface area contributed by atoms with E-state index in [1.165, 1.54) is 30.6 Å². The lowest BCUT2D eigenvalue weighted by molar-refractivity contribution is 0.563. The van der Waals surface area contributed by atoms with Crippen LogP contribution in [0.25, 0.3) is 10.2 Å². The molecule has 0 spiro atoms. The number of hydrogen-bond donors (Lipinski definition) is 3. The van der Waals surface area contributed by atoms with Gasteiger partial charge in [0.1, 0.15) is 10.6 Å². The van der Waals surface area contributed by atoms with Gasteiger partial charge in [0.25, 0.3) is 0 Å². The number of nitrogens with one attached hydrogen (secondary N) is 2. The highest BCUT2D eigenvalue weighted by molar-refractivity contribution is 7.18. The number of fused-ring (bicyclic) bond motifs is 1. The summed E-state index contributed by atoms with van der Waals surface area (Å²) in [4.78, 5) is 11.1. The third-order valence-corrected chi connectivity index (χ3v) is 4.47. The summed E-state index contributed by atoms with van der Waals surface area (Å²) in [5.41, 5.74) is 2.56. The number of nitrogen functional groups attached to an aromatic ring is 1. The van der Waals surface area contributed by atoms with Crippen LogP contribution in [-0.4, -0.2) is 16.0 Å². The zero-order valence-electron chi connectivity index (χ0n) is 13.1. The maximum absolute atomic E-state index is 5.49. The van der Waals surface area contributed by atoms with Gasteiger partial charge in [-0.3, -0.25) is 5.43 Å². The van der Waals surface area contributed by atoms with Crippen molar-refractivity contribution >= 4 is 33.3 Å². The van der Waals surface area contributed by atoms with E-state index in [0.29, 0.717) is 12.0 Å². The van der Waals surface area contributed by atoms with Crippen LogP contribution >= 0.6 is 11.3 Å². The molecule has 5 nitrogen and oxygen atoms in total. The Morgan fingerprint density at radius 2 is 2.05 bits per heavy atom. The SMILES string of the molecule is CCCCC(CCC)Nc1nc(NN)nc2sc(C)cc12. The maximum atomic E-state index is 5.49. The second-order valence-electron chi connectivity index (χ2n) is 5.39. The second kappa shape index (κ2) is 7.56. The molecule has 2 heterocycles. The van der Waals surface area contributed by atoms with Gasteiger partial charge in [-0.1, -0.05) is 33.1 Å². The number of unbranched alkanes of at least 4 members (excludes halogenated alkanes) is 1. The Morgan fingerprint density at radius 1 is 1.24 bits per heavy atom. The van der Waals surface area contributed by atoms with Crippen molar-refractivity contribution in [3.8, 4) is 0 Å². The highest BCUT2D eigenvalue weighted by atomic mass is 32.1. The summed E-state index contributed by atoms with van der Waals surface area (Å²) in [5.74, 6) is 6.85. The van der Waals surface area contributed by atoms with Crippen molar-refractivity contribution in [2.45, 2.75) is 58.9 Å². The van der Waals surface area contributed by atoms with Crippen LogP contribution in [0.1, 0.15) is 50.8 Å². The fourth-order valence-corrected chi connectivity index (χ4v) is 3.38. The van der Waals surface area contributed by atoms with Gasteiger partial charge in [0, 0.05) is 10.9 Å². The first kappa shape index (κ1) is 16.0. The van der Waals surface area contributed by atoms with E-state index in [9.17, 15) is 0 Å². The molecule has 1 unspecified atom stereocenters. The topological polar surface area (TPSA) is 75.9 Å². The average Bonchev–Trinajstić information content (AvgIpc) is 2.85. The molecule has 2 rings (SSSR count). The molecule has 0 aliphatic carbocycles. The highest BCUT2D eigenvalue weighted by Crippen LogP contribution is 2.30. The lowest BCUT2D eigenvalue weighted by Crippen LogP contribution is -2.21. The summed E-state index contributed by atoms with van der Waals surface area (Å²) in [5, 5.41) is 4.70. The van der Waals surface area contributed by atoms with E-state index < -0.39 is 0 Å². The number of aromatic nitrogens is 2. The zero-order chi connectivity index (χ0) is 15.2. The van der Waals surface area contributed by atoms with Gasteiger partial charge in [-0.15, -0.1) is 11.3 Å². The van der Waals surface area contributed by atoms with E-state index in [2.05, 4.69) is 47.5 Å². The Kier molecular flexibility index (Phi) is 5.76. The lowest BCUT2D eigenvalue weighted by Gasteiger charge is -2.19. The first-order valence-corrected chi connectivity index (χ1v) is 8.50. The summed E-state index contributed by atoms with van der Waals surface area (Å²) in [7, 11) is 0. The quantitative estimate of drug-likeness (QED) is 0.506. The van der Waals surface area contributed by atoms with Crippen LogP contribution in [0.15, 0.2) is 6.07 Å². The van der Waals surface area contributed by atoms with Gasteiger partial charge in [-0.05, 0) is 25.8 Å². The molecule has 2 aromatic heterocycles. The Bertz CT molecular complexity index is 581. The molecule has 0 aromatic carbocycles. The number of hydrogen-bond acceptors (Lipinski definition) is 6. The van der Waals surface area contributed by atoms with Gasteiger partial charge in [0.15, 0.2) is 0 Å². The van der Waals surface area contributed by atoms with Crippen molar-refractivity contribution in [3.63, 3.8) is 0 Å². The van der Waals surface area contributed by atoms with E-state index >= 15 is 0 Å². The summed E-state index contributed by atoms with van der Waals surface area (Å²) in [6, 6.07) is 2.60. The van der Waals surface area contributed by atoms with Crippen LogP contribution in [0, 0.1) is 6.92 Å². The number of hydrazine groups is 1. The predicted molar refractivity (Wildman–Crippen MR) is 91.8 cm³/mol. The standard InChI is InChI=1S/C15H25N5S/c1-4-6-8-11(7-5-2)17-13-12-9-10(3)21-14(12)19-15(18-13)20-16/h9,11H,4-8,16H2,1-3H3,(H2,17,18,19,20). The summed E-state index contributed by atoms with van der Waals surface area (Å²) >= 11 is 1.67. The van der Waals surface area contributed by atoms with Crippen LogP contribution in [0.2, 0.25) is 0 Å². The Hall–Kier alpha value is -1.40. The van der Waals surface area contributed by atoms with Gasteiger partial charge < -0.3 is 5.32 Å². The predicted octanol–water partition coefficient (Wildman–Crippen LogP) is 4.06. The minimum absolute atomic E-state index is 0.457. The molecule has 0 saturated heterocycles. The van der Waals surface area contributed by atoms with Gasteiger partial charge >= 0.3 is 0 Å². The Labute approximate surface area is 130 Å². The molecule has 2 aromatic rings. The fraction of sp³-hybridized carbons (Fsp3) is 0.600. The number of nitrogens with zero attached hydrogens (tertiary/aromatic N) is 2. The first-order chi connectivity index (χ1) is 10.2. The number of aryl methyl sites for hydroxylation is 1. The molecule has 1 atom stereocenters. The molecule has 0 bridgehead atoms. The van der Waals surface area contributed by atoms with Crippen molar-refractivity contribution in [2.24, 2.45) is 5.84 Å². The Morgan fingerprint density at radius 3 is 2.71 bits per heavy atom. The van der Waals surface area contributed by atoms with Crippen molar-refractivity contribution in [3.05, 3.63) is 10.9 Å². The smallest absolute Gasteiger partial charge is 0.240 e. The molecule has 0 saturated carbocycles. The van der Waals surface area contributed by atoms with E-state index in [1.807, 2.05) is 0 Å². The molecule has 21 heavy (non-hydrogen) atoms. The third-order valence-electron chi connectivity index (χ3n) is 3.53. The van der Waals surface area contributed by atoms with Crippen LogP contribution in [-0.2, 0) is 0 Å². The largest absolute Gasteiger partial charge is 0.367 e. The summed E-state index contributed by atoms with van der Waals surface area (Å²) < 4.78 is 0. The maximum Gasteiger partial charge on any atom is 0.240 e. The van der Waals surface area contributed by atoms with Gasteiger partial charge in [0.05, 0.1) is 5.39 Å². The monoisotopic (exact) mass is 307 g/mol. The van der Waals surface area contributed by atoms with Crippen molar-refractivity contribution in [1.82, 2.24) is 9.97 Å². The number of rotatable bonds is 8. The van der Waals surface area contributed by atoms with Crippen LogP contribution in [0.4, 0.5) is 11.8 Å². The molecular formula is C15H25N5S. The number of thiophene rings is 1. The third kappa shape index (κ3) is 4.04. The van der Waals surface area contributed by atoms with Crippen molar-refractivity contribution in [2.75, 3.05) is 10.7 Å². The zero-order valence-corrected chi connectivity index (χ0v) is 13.9. The second-order valence-corrected chi connectivity index (χ2v) is 6.62. The van der Waals surface area contributed by atoms with E-state index in [-0.39, 0.29) is 0 Å². The minimum atomic E-state index is 0.457. The first-order valence-electron chi connectivity index (χ1n) is 7.69. The van der Waals surface area contributed by atoms with Gasteiger partial charge in [-0.2, -0.15) is 4.98 Å². The molecule has 0 fully saturated rings. The Balaban J connectivity index is 2.29.